The molecule has 0 radical (unpaired) electrons. The summed E-state index contributed by atoms with van der Waals surface area (Å²) in [4.78, 5) is 6.65. The number of H-pyrrole nitrogens is 2. The molecule has 1 aliphatic heterocycles. The Morgan fingerprint density at radius 3 is 1.97 bits per heavy atom. The number of fused-ring (bicyclic) bond motifs is 6. The quantitative estimate of drug-likeness (QED) is 0.378. The molecule has 3 N–H and O–H groups in total. The van der Waals surface area contributed by atoms with Crippen LogP contribution in [-0.4, -0.2) is 35.3 Å². The predicted octanol–water partition coefficient (Wildman–Crippen LogP) is 5.31. The number of benzene rings is 3. The highest BCUT2D eigenvalue weighted by atomic mass is 19.1. The van der Waals surface area contributed by atoms with E-state index < -0.39 is 6.17 Å². The van der Waals surface area contributed by atoms with Gasteiger partial charge in [-0.15, -0.1) is 0 Å². The lowest BCUT2D eigenvalue weighted by atomic mass is 10.1. The molecule has 2 atom stereocenters. The van der Waals surface area contributed by atoms with Crippen molar-refractivity contribution in [3.63, 3.8) is 0 Å². The number of rotatable bonds is 3. The highest BCUT2D eigenvalue weighted by Crippen LogP contribution is 2.41. The molecule has 2 aromatic heterocycles. The standard InChI is InChI=1S/C23H18F3N3O/c24-11-1-3-19-15(6-11)17-8-18-16-7-12(25)2-4-20(16)29-22(18)23(21(17)28-19)30-10-14-5-13(26)9-27-14/h1-4,6-8,13-14,27-29H,5,9-10H2/t13-,14-/m0/s1. The normalized spacial score (nSPS) is 19.6. The summed E-state index contributed by atoms with van der Waals surface area (Å²) in [6, 6.07) is 11.0. The van der Waals surface area contributed by atoms with Gasteiger partial charge in [-0.3, -0.25) is 0 Å². The lowest BCUT2D eigenvalue weighted by molar-refractivity contribution is 0.273. The number of hydrogen-bond donors (Lipinski definition) is 3. The van der Waals surface area contributed by atoms with Crippen LogP contribution in [0.15, 0.2) is 42.5 Å². The first-order valence-corrected chi connectivity index (χ1v) is 9.92. The van der Waals surface area contributed by atoms with Crippen molar-refractivity contribution in [3.8, 4) is 5.75 Å². The molecule has 0 spiro atoms. The van der Waals surface area contributed by atoms with Crippen molar-refractivity contribution in [1.82, 2.24) is 15.3 Å². The molecule has 6 rings (SSSR count). The number of ether oxygens (including phenoxy) is 1. The largest absolute Gasteiger partial charge is 0.488 e. The van der Waals surface area contributed by atoms with E-state index >= 15 is 0 Å². The maximum absolute atomic E-state index is 13.9. The molecule has 152 valence electrons. The lowest BCUT2D eigenvalue weighted by Crippen LogP contribution is -2.28. The zero-order chi connectivity index (χ0) is 20.4. The van der Waals surface area contributed by atoms with Gasteiger partial charge in [0, 0.05) is 45.2 Å². The fourth-order valence-corrected chi connectivity index (χ4v) is 4.52. The third kappa shape index (κ3) is 2.65. The first-order chi connectivity index (χ1) is 14.6. The van der Waals surface area contributed by atoms with E-state index in [0.29, 0.717) is 25.3 Å². The lowest BCUT2D eigenvalue weighted by Gasteiger charge is -2.13. The molecule has 1 saturated heterocycles. The Bertz CT molecular complexity index is 1340. The number of aromatic amines is 2. The van der Waals surface area contributed by atoms with Crippen molar-refractivity contribution in [2.24, 2.45) is 0 Å². The van der Waals surface area contributed by atoms with Gasteiger partial charge < -0.3 is 20.0 Å². The number of hydrogen-bond acceptors (Lipinski definition) is 2. The molecule has 0 aliphatic carbocycles. The van der Waals surface area contributed by atoms with E-state index in [1.54, 1.807) is 12.1 Å². The molecule has 7 heteroatoms. The number of aromatic nitrogens is 2. The summed E-state index contributed by atoms with van der Waals surface area (Å²) in [6.45, 7) is 0.618. The Labute approximate surface area is 169 Å². The van der Waals surface area contributed by atoms with Gasteiger partial charge >= 0.3 is 0 Å². The first kappa shape index (κ1) is 17.7. The van der Waals surface area contributed by atoms with E-state index in [1.165, 1.54) is 24.3 Å². The summed E-state index contributed by atoms with van der Waals surface area (Å²) in [5, 5.41) is 6.16. The van der Waals surface area contributed by atoms with Crippen LogP contribution in [-0.2, 0) is 0 Å². The number of alkyl halides is 1. The maximum atomic E-state index is 13.9. The highest BCUT2D eigenvalue weighted by molar-refractivity contribution is 6.20. The topological polar surface area (TPSA) is 52.8 Å². The minimum Gasteiger partial charge on any atom is -0.488 e. The SMILES string of the molecule is Fc1ccc2[nH]c3c(OC[C@@H]4C[C@H](F)CN4)c4[nH]c5ccc(F)cc5c4cc3c2c1. The summed E-state index contributed by atoms with van der Waals surface area (Å²) < 4.78 is 47.7. The minimum absolute atomic E-state index is 0.0889. The van der Waals surface area contributed by atoms with E-state index in [1.807, 2.05) is 6.07 Å². The molecule has 0 saturated carbocycles. The average Bonchev–Trinajstić information content (AvgIpc) is 3.40. The van der Waals surface area contributed by atoms with Crippen LogP contribution in [0.2, 0.25) is 0 Å². The summed E-state index contributed by atoms with van der Waals surface area (Å²) in [5.74, 6) is -0.0972. The molecular weight excluding hydrogens is 391 g/mol. The predicted molar refractivity (Wildman–Crippen MR) is 112 cm³/mol. The second-order valence-corrected chi connectivity index (χ2v) is 7.93. The van der Waals surface area contributed by atoms with Crippen molar-refractivity contribution in [1.29, 1.82) is 0 Å². The van der Waals surface area contributed by atoms with Crippen LogP contribution in [0.25, 0.3) is 43.6 Å². The van der Waals surface area contributed by atoms with Crippen LogP contribution in [0.1, 0.15) is 6.42 Å². The van der Waals surface area contributed by atoms with Gasteiger partial charge in [0.25, 0.3) is 0 Å². The van der Waals surface area contributed by atoms with Crippen molar-refractivity contribution < 1.29 is 17.9 Å². The van der Waals surface area contributed by atoms with Gasteiger partial charge in [-0.25, -0.2) is 13.2 Å². The molecule has 0 unspecified atom stereocenters. The fraction of sp³-hybridized carbons (Fsp3) is 0.217. The molecule has 1 fully saturated rings. The zero-order valence-electron chi connectivity index (χ0n) is 15.9. The third-order valence-corrected chi connectivity index (χ3v) is 5.94. The van der Waals surface area contributed by atoms with Crippen LogP contribution in [0.4, 0.5) is 13.2 Å². The van der Waals surface area contributed by atoms with Gasteiger partial charge in [-0.1, -0.05) is 0 Å². The molecule has 30 heavy (non-hydrogen) atoms. The van der Waals surface area contributed by atoms with Crippen molar-refractivity contribution >= 4 is 43.6 Å². The second-order valence-electron chi connectivity index (χ2n) is 7.93. The molecular formula is C23H18F3N3O. The van der Waals surface area contributed by atoms with Crippen molar-refractivity contribution in [2.45, 2.75) is 18.6 Å². The first-order valence-electron chi connectivity index (χ1n) is 9.92. The van der Waals surface area contributed by atoms with Crippen LogP contribution in [0.5, 0.6) is 5.75 Å². The van der Waals surface area contributed by atoms with Crippen LogP contribution in [0.3, 0.4) is 0 Å². The van der Waals surface area contributed by atoms with E-state index in [9.17, 15) is 13.2 Å². The van der Waals surface area contributed by atoms with Gasteiger partial charge in [0.15, 0.2) is 5.75 Å². The molecule has 3 aromatic carbocycles. The number of halogens is 3. The van der Waals surface area contributed by atoms with Gasteiger partial charge in [0.1, 0.15) is 24.4 Å². The third-order valence-electron chi connectivity index (χ3n) is 5.94. The zero-order valence-corrected chi connectivity index (χ0v) is 15.9. The van der Waals surface area contributed by atoms with Gasteiger partial charge in [-0.2, -0.15) is 0 Å². The second kappa shape index (κ2) is 6.40. The Balaban J connectivity index is 1.62. The maximum Gasteiger partial charge on any atom is 0.167 e. The molecule has 5 aromatic rings. The minimum atomic E-state index is -0.874. The molecule has 4 nitrogen and oxygen atoms in total. The van der Waals surface area contributed by atoms with E-state index in [0.717, 1.165) is 43.6 Å². The summed E-state index contributed by atoms with van der Waals surface area (Å²) in [6.07, 6.45) is -0.476. The number of nitrogens with one attached hydrogen (secondary N) is 3. The van der Waals surface area contributed by atoms with Crippen molar-refractivity contribution in [3.05, 3.63) is 54.1 Å². The van der Waals surface area contributed by atoms with Gasteiger partial charge in [0.05, 0.1) is 11.0 Å². The smallest absolute Gasteiger partial charge is 0.167 e. The Morgan fingerprint density at radius 2 is 1.43 bits per heavy atom. The average molecular weight is 409 g/mol. The molecule has 1 aliphatic rings. The Kier molecular flexibility index (Phi) is 3.77. The van der Waals surface area contributed by atoms with Crippen molar-refractivity contribution in [2.75, 3.05) is 13.2 Å². The monoisotopic (exact) mass is 409 g/mol. The molecule has 0 bridgehead atoms. The molecule has 3 heterocycles. The van der Waals surface area contributed by atoms with Crippen LogP contribution >= 0.6 is 0 Å². The summed E-state index contributed by atoms with van der Waals surface area (Å²) in [7, 11) is 0. The van der Waals surface area contributed by atoms with Crippen LogP contribution in [0, 0.1) is 11.6 Å². The summed E-state index contributed by atoms with van der Waals surface area (Å²) in [5.41, 5.74) is 3.01. The van der Waals surface area contributed by atoms with Crippen LogP contribution < -0.4 is 10.1 Å². The Morgan fingerprint density at radius 1 is 0.833 bits per heavy atom. The fourth-order valence-electron chi connectivity index (χ4n) is 4.52. The summed E-state index contributed by atoms with van der Waals surface area (Å²) >= 11 is 0. The van der Waals surface area contributed by atoms with E-state index in [4.69, 9.17) is 4.74 Å². The van der Waals surface area contributed by atoms with Gasteiger partial charge in [-0.05, 0) is 48.9 Å². The van der Waals surface area contributed by atoms with E-state index in [-0.39, 0.29) is 17.7 Å². The van der Waals surface area contributed by atoms with Gasteiger partial charge in [0.2, 0.25) is 0 Å². The molecule has 0 amide bonds. The van der Waals surface area contributed by atoms with E-state index in [2.05, 4.69) is 15.3 Å². The highest BCUT2D eigenvalue weighted by Gasteiger charge is 2.25. The Hall–Kier alpha value is -3.19.